The smallest absolute Gasteiger partial charge is 0.269 e. The number of aromatic hydroxyl groups is 1. The topological polar surface area (TPSA) is 110 Å². The number of nitro benzene ring substituents is 1. The van der Waals surface area contributed by atoms with Crippen molar-refractivity contribution < 1.29 is 19.6 Å². The molecule has 2 N–H and O–H groups in total. The number of hydrogen-bond donors (Lipinski definition) is 2. The molecular weight excluding hydrogens is 276 g/mol. The molecule has 0 spiro atoms. The van der Waals surface area contributed by atoms with Crippen LogP contribution in [0, 0.1) is 10.1 Å². The monoisotopic (exact) mass is 286 g/mol. The number of carbonyl (C=O) groups excluding carboxylic acids is 2. The van der Waals surface area contributed by atoms with E-state index in [4.69, 9.17) is 5.11 Å². The number of hydrogen-bond acceptors (Lipinski definition) is 5. The Morgan fingerprint density at radius 3 is 1.81 bits per heavy atom. The average molecular weight is 286 g/mol. The molecule has 0 aliphatic carbocycles. The van der Waals surface area contributed by atoms with E-state index in [-0.39, 0.29) is 23.3 Å². The molecular formula is C14H10N2O5. The zero-order valence-electron chi connectivity index (χ0n) is 10.6. The van der Waals surface area contributed by atoms with Gasteiger partial charge in [0, 0.05) is 12.1 Å². The van der Waals surface area contributed by atoms with Crippen LogP contribution in [-0.4, -0.2) is 21.8 Å². The lowest BCUT2D eigenvalue weighted by atomic mass is 10.1. The first-order valence-electron chi connectivity index (χ1n) is 5.87. The number of imide groups is 1. The van der Waals surface area contributed by atoms with Crippen LogP contribution in [0.2, 0.25) is 0 Å². The number of phenols is 1. The molecule has 0 bridgehead atoms. The molecule has 0 radical (unpaired) electrons. The molecule has 106 valence electrons. The van der Waals surface area contributed by atoms with Gasteiger partial charge in [-0.2, -0.15) is 0 Å². The Morgan fingerprint density at radius 1 is 0.905 bits per heavy atom. The quantitative estimate of drug-likeness (QED) is 0.472. The van der Waals surface area contributed by atoms with Crippen molar-refractivity contribution in [2.24, 2.45) is 0 Å². The SMILES string of the molecule is O=C1NC(=O)c2ccccc21.O=[N+]([O-])c1ccc(O)cc1. The van der Waals surface area contributed by atoms with Crippen LogP contribution in [0.3, 0.4) is 0 Å². The highest BCUT2D eigenvalue weighted by molar-refractivity contribution is 6.21. The van der Waals surface area contributed by atoms with Crippen LogP contribution in [-0.2, 0) is 0 Å². The molecule has 2 aromatic carbocycles. The highest BCUT2D eigenvalue weighted by atomic mass is 16.6. The summed E-state index contributed by atoms with van der Waals surface area (Å²) in [5.74, 6) is -0.568. The minimum absolute atomic E-state index is 0.0159. The lowest BCUT2D eigenvalue weighted by Crippen LogP contribution is -2.19. The summed E-state index contributed by atoms with van der Waals surface area (Å²) in [7, 11) is 0. The number of nitrogens with zero attached hydrogens (tertiary/aromatic N) is 1. The third-order valence-electron chi connectivity index (χ3n) is 2.70. The fourth-order valence-electron chi connectivity index (χ4n) is 1.69. The van der Waals surface area contributed by atoms with E-state index in [0.29, 0.717) is 11.1 Å². The third-order valence-corrected chi connectivity index (χ3v) is 2.70. The molecule has 2 aromatic rings. The number of nitrogens with one attached hydrogen (secondary N) is 1. The number of non-ortho nitro benzene ring substituents is 1. The highest BCUT2D eigenvalue weighted by Gasteiger charge is 2.25. The van der Waals surface area contributed by atoms with Crippen molar-refractivity contribution in [1.82, 2.24) is 5.32 Å². The summed E-state index contributed by atoms with van der Waals surface area (Å²) >= 11 is 0. The first kappa shape index (κ1) is 14.2. The molecule has 1 aliphatic heterocycles. The van der Waals surface area contributed by atoms with Gasteiger partial charge in [-0.25, -0.2) is 0 Å². The van der Waals surface area contributed by atoms with Gasteiger partial charge >= 0.3 is 0 Å². The molecule has 7 heteroatoms. The summed E-state index contributed by atoms with van der Waals surface area (Å²) in [6.45, 7) is 0. The minimum atomic E-state index is -0.514. The number of fused-ring (bicyclic) bond motifs is 1. The van der Waals surface area contributed by atoms with Crippen molar-refractivity contribution in [2.75, 3.05) is 0 Å². The third kappa shape index (κ3) is 3.21. The van der Waals surface area contributed by atoms with Crippen LogP contribution in [0.1, 0.15) is 20.7 Å². The van der Waals surface area contributed by atoms with Gasteiger partial charge in [-0.3, -0.25) is 25.0 Å². The molecule has 0 aromatic heterocycles. The first-order valence-corrected chi connectivity index (χ1v) is 5.87. The maximum Gasteiger partial charge on any atom is 0.269 e. The summed E-state index contributed by atoms with van der Waals surface area (Å²) in [5, 5.41) is 21.0. The second kappa shape index (κ2) is 5.83. The van der Waals surface area contributed by atoms with Crippen molar-refractivity contribution in [3.63, 3.8) is 0 Å². The van der Waals surface area contributed by atoms with Crippen LogP contribution < -0.4 is 5.32 Å². The van der Waals surface area contributed by atoms with Crippen LogP contribution in [0.5, 0.6) is 5.75 Å². The molecule has 21 heavy (non-hydrogen) atoms. The zero-order valence-corrected chi connectivity index (χ0v) is 10.6. The Kier molecular flexibility index (Phi) is 3.94. The second-order valence-electron chi connectivity index (χ2n) is 4.10. The number of rotatable bonds is 1. The summed E-state index contributed by atoms with van der Waals surface area (Å²) < 4.78 is 0. The van der Waals surface area contributed by atoms with Gasteiger partial charge in [0.05, 0.1) is 16.1 Å². The largest absolute Gasteiger partial charge is 0.508 e. The Bertz CT molecular complexity index is 677. The van der Waals surface area contributed by atoms with Gasteiger partial charge in [0.15, 0.2) is 0 Å². The predicted molar refractivity (Wildman–Crippen MR) is 73.0 cm³/mol. The van der Waals surface area contributed by atoms with Crippen LogP contribution in [0.25, 0.3) is 0 Å². The van der Waals surface area contributed by atoms with Gasteiger partial charge in [-0.05, 0) is 24.3 Å². The molecule has 0 saturated heterocycles. The van der Waals surface area contributed by atoms with Gasteiger partial charge in [0.2, 0.25) is 0 Å². The van der Waals surface area contributed by atoms with Crippen molar-refractivity contribution in [3.05, 3.63) is 69.8 Å². The summed E-state index contributed by atoms with van der Waals surface area (Å²) in [5.41, 5.74) is 0.924. The maximum atomic E-state index is 10.9. The van der Waals surface area contributed by atoms with Crippen molar-refractivity contribution in [2.45, 2.75) is 0 Å². The summed E-state index contributed by atoms with van der Waals surface area (Å²) in [4.78, 5) is 31.4. The van der Waals surface area contributed by atoms with E-state index in [2.05, 4.69) is 5.32 Å². The molecule has 1 aliphatic rings. The van der Waals surface area contributed by atoms with E-state index in [1.807, 2.05) is 0 Å². The number of nitro groups is 1. The van der Waals surface area contributed by atoms with E-state index >= 15 is 0 Å². The second-order valence-corrected chi connectivity index (χ2v) is 4.10. The van der Waals surface area contributed by atoms with Gasteiger partial charge in [0.1, 0.15) is 5.75 Å². The van der Waals surface area contributed by atoms with E-state index in [1.54, 1.807) is 24.3 Å². The van der Waals surface area contributed by atoms with Crippen LogP contribution in [0.15, 0.2) is 48.5 Å². The van der Waals surface area contributed by atoms with Gasteiger partial charge < -0.3 is 5.11 Å². The van der Waals surface area contributed by atoms with E-state index in [1.165, 1.54) is 24.3 Å². The molecule has 0 fully saturated rings. The van der Waals surface area contributed by atoms with Crippen LogP contribution in [0.4, 0.5) is 5.69 Å². The van der Waals surface area contributed by atoms with Crippen LogP contribution >= 0.6 is 0 Å². The molecule has 7 nitrogen and oxygen atoms in total. The lowest BCUT2D eigenvalue weighted by Gasteiger charge is -1.89. The van der Waals surface area contributed by atoms with Crippen molar-refractivity contribution in [3.8, 4) is 5.75 Å². The Hall–Kier alpha value is -3.22. The maximum absolute atomic E-state index is 10.9. The van der Waals surface area contributed by atoms with Gasteiger partial charge in [-0.15, -0.1) is 0 Å². The standard InChI is InChI=1S/C8H5NO2.C6H5NO3/c10-7-5-3-1-2-4-6(5)8(11)9-7;8-6-3-1-5(2-4-6)7(9)10/h1-4H,(H,9,10,11);1-4,8H. The number of amides is 2. The van der Waals surface area contributed by atoms with E-state index in [0.717, 1.165) is 0 Å². The van der Waals surface area contributed by atoms with Gasteiger partial charge in [0.25, 0.3) is 17.5 Å². The predicted octanol–water partition coefficient (Wildman–Crippen LogP) is 1.87. The summed E-state index contributed by atoms with van der Waals surface area (Å²) in [6, 6.07) is 11.8. The number of carbonyl (C=O) groups is 2. The minimum Gasteiger partial charge on any atom is -0.508 e. The number of phenolic OH excluding ortho intramolecular Hbond substituents is 1. The summed E-state index contributed by atoms with van der Waals surface area (Å²) in [6.07, 6.45) is 0. The van der Waals surface area contributed by atoms with E-state index in [9.17, 15) is 19.7 Å². The van der Waals surface area contributed by atoms with Gasteiger partial charge in [-0.1, -0.05) is 12.1 Å². The Morgan fingerprint density at radius 2 is 1.38 bits per heavy atom. The fourth-order valence-corrected chi connectivity index (χ4v) is 1.69. The fraction of sp³-hybridized carbons (Fsp3) is 0. The molecule has 0 atom stereocenters. The highest BCUT2D eigenvalue weighted by Crippen LogP contribution is 2.15. The first-order chi connectivity index (χ1) is 9.99. The molecule has 3 rings (SSSR count). The average Bonchev–Trinajstić information content (AvgIpc) is 2.76. The molecule has 0 unspecified atom stereocenters. The molecule has 0 saturated carbocycles. The molecule has 2 amide bonds. The Labute approximate surface area is 119 Å². The number of benzene rings is 2. The normalized spacial score (nSPS) is 12.0. The van der Waals surface area contributed by atoms with Crippen molar-refractivity contribution in [1.29, 1.82) is 0 Å². The van der Waals surface area contributed by atoms with E-state index < -0.39 is 4.92 Å². The van der Waals surface area contributed by atoms with Crippen molar-refractivity contribution >= 4 is 17.5 Å². The molecule has 1 heterocycles. The lowest BCUT2D eigenvalue weighted by molar-refractivity contribution is -0.384. The Balaban J connectivity index is 0.000000155. The zero-order chi connectivity index (χ0) is 15.4.